The van der Waals surface area contributed by atoms with E-state index >= 15 is 0 Å². The monoisotopic (exact) mass is 505 g/mol. The number of carbonyl (C=O) groups excluding carboxylic acids is 2. The fraction of sp³-hybridized carbons (Fsp3) is 0.227. The van der Waals surface area contributed by atoms with Gasteiger partial charge in [-0.3, -0.25) is 9.59 Å². The average Bonchev–Trinajstić information content (AvgIpc) is 3.14. The molecule has 1 atom stereocenters. The van der Waals surface area contributed by atoms with Gasteiger partial charge in [-0.15, -0.1) is 5.10 Å². The van der Waals surface area contributed by atoms with Crippen molar-refractivity contribution in [2.75, 3.05) is 13.7 Å². The number of amides is 1. The molecular weight excluding hydrogens is 486 g/mol. The number of carboxylic acids is 1. The number of hydrogen-bond acceptors (Lipinski definition) is 9. The minimum absolute atomic E-state index is 0.0583. The van der Waals surface area contributed by atoms with Crippen LogP contribution in [0.2, 0.25) is 5.02 Å². The Morgan fingerprint density at radius 2 is 2.00 bits per heavy atom. The highest BCUT2D eigenvalue weighted by molar-refractivity contribution is 8.15. The molecule has 0 spiro atoms. The maximum Gasteiger partial charge on any atom is 0.343 e. The number of benzene rings is 2. The maximum atomic E-state index is 12.6. The molecule has 0 aromatic heterocycles. The fourth-order valence-electron chi connectivity index (χ4n) is 2.80. The molecule has 10 nitrogen and oxygen atoms in total. The molecule has 0 bridgehead atoms. The number of hydrogen-bond donors (Lipinski definition) is 2. The van der Waals surface area contributed by atoms with Crippen molar-refractivity contribution in [1.29, 1.82) is 0 Å². The number of methoxy groups -OCH3 is 1. The van der Waals surface area contributed by atoms with Crippen LogP contribution >= 0.6 is 23.4 Å². The number of amidine groups is 1. The third-order valence-electron chi connectivity index (χ3n) is 4.34. The van der Waals surface area contributed by atoms with Gasteiger partial charge in [0.15, 0.2) is 16.7 Å². The van der Waals surface area contributed by atoms with Crippen LogP contribution in [0, 0.1) is 0 Å². The van der Waals surface area contributed by atoms with E-state index in [4.69, 9.17) is 30.9 Å². The van der Waals surface area contributed by atoms with Gasteiger partial charge >= 0.3 is 11.9 Å². The third-order valence-corrected chi connectivity index (χ3v) is 5.70. The minimum atomic E-state index is -1.08. The quantitative estimate of drug-likeness (QED) is 0.229. The lowest BCUT2D eigenvalue weighted by Crippen LogP contribution is -2.26. The summed E-state index contributed by atoms with van der Waals surface area (Å²) in [5.74, 6) is -1.25. The van der Waals surface area contributed by atoms with Crippen molar-refractivity contribution in [3.63, 3.8) is 0 Å². The van der Waals surface area contributed by atoms with Gasteiger partial charge < -0.3 is 24.6 Å². The third kappa shape index (κ3) is 6.49. The predicted octanol–water partition coefficient (Wildman–Crippen LogP) is 3.36. The van der Waals surface area contributed by atoms with E-state index in [1.165, 1.54) is 19.4 Å². The second kappa shape index (κ2) is 11.5. The van der Waals surface area contributed by atoms with Crippen molar-refractivity contribution in [2.45, 2.75) is 18.6 Å². The van der Waals surface area contributed by atoms with Gasteiger partial charge in [0.2, 0.25) is 5.91 Å². The molecular formula is C22H20ClN3O7S. The van der Waals surface area contributed by atoms with Gasteiger partial charge in [-0.2, -0.15) is 5.10 Å². The van der Waals surface area contributed by atoms with E-state index in [-0.39, 0.29) is 28.1 Å². The molecule has 1 heterocycles. The Bertz CT molecular complexity index is 1150. The first-order valence-corrected chi connectivity index (χ1v) is 11.2. The SMILES string of the molecule is CCOc1cc(/C=N\N=C2\NC(=O)[C@@H](CC(=O)O)S2)cc(Cl)c1OC(=O)c1ccc(OC)cc1. The summed E-state index contributed by atoms with van der Waals surface area (Å²) in [6.45, 7) is 2.06. The van der Waals surface area contributed by atoms with Crippen molar-refractivity contribution >= 4 is 52.6 Å². The van der Waals surface area contributed by atoms with Gasteiger partial charge in [-0.05, 0) is 43.3 Å². The Morgan fingerprint density at radius 3 is 2.65 bits per heavy atom. The van der Waals surface area contributed by atoms with Gasteiger partial charge in [0.1, 0.15) is 11.0 Å². The van der Waals surface area contributed by atoms with Crippen LogP contribution in [0.25, 0.3) is 0 Å². The summed E-state index contributed by atoms with van der Waals surface area (Å²) in [6, 6.07) is 9.49. The topological polar surface area (TPSA) is 136 Å². The van der Waals surface area contributed by atoms with E-state index in [1.807, 2.05) is 0 Å². The molecule has 1 amide bonds. The van der Waals surface area contributed by atoms with Gasteiger partial charge in [0, 0.05) is 5.56 Å². The van der Waals surface area contributed by atoms with E-state index in [1.54, 1.807) is 37.3 Å². The standard InChI is InChI=1S/C22H20ClN3O7S/c1-3-32-16-9-12(11-24-26-22-25-20(29)17(34-22)10-18(27)28)8-15(23)19(16)33-21(30)13-4-6-14(31-2)7-5-13/h4-9,11,17H,3,10H2,1-2H3,(H,27,28)(H,25,26,29)/b24-11-/t17-/m1/s1. The summed E-state index contributed by atoms with van der Waals surface area (Å²) in [4.78, 5) is 35.1. The summed E-state index contributed by atoms with van der Waals surface area (Å²) in [6.07, 6.45) is 1.05. The van der Waals surface area contributed by atoms with E-state index in [9.17, 15) is 14.4 Å². The molecule has 2 N–H and O–H groups in total. The van der Waals surface area contributed by atoms with E-state index in [0.717, 1.165) is 11.8 Å². The van der Waals surface area contributed by atoms with Crippen LogP contribution in [0.4, 0.5) is 0 Å². The molecule has 1 aliphatic rings. The summed E-state index contributed by atoms with van der Waals surface area (Å²) >= 11 is 7.34. The van der Waals surface area contributed by atoms with Crippen molar-refractivity contribution in [2.24, 2.45) is 10.2 Å². The number of thioether (sulfide) groups is 1. The van der Waals surface area contributed by atoms with Crippen molar-refractivity contribution in [1.82, 2.24) is 5.32 Å². The molecule has 1 saturated heterocycles. The summed E-state index contributed by atoms with van der Waals surface area (Å²) < 4.78 is 16.1. The lowest BCUT2D eigenvalue weighted by molar-refractivity contribution is -0.138. The van der Waals surface area contributed by atoms with Crippen LogP contribution in [0.1, 0.15) is 29.3 Å². The molecule has 0 saturated carbocycles. The van der Waals surface area contributed by atoms with Crippen molar-refractivity contribution < 1.29 is 33.7 Å². The normalized spacial score (nSPS) is 16.5. The first-order chi connectivity index (χ1) is 16.3. The zero-order valence-electron chi connectivity index (χ0n) is 18.1. The van der Waals surface area contributed by atoms with Gasteiger partial charge in [-0.1, -0.05) is 23.4 Å². The number of carbonyl (C=O) groups is 3. The molecule has 1 fully saturated rings. The van der Waals surface area contributed by atoms with Crippen LogP contribution in [-0.2, 0) is 9.59 Å². The molecule has 0 unspecified atom stereocenters. The molecule has 2 aromatic rings. The lowest BCUT2D eigenvalue weighted by Gasteiger charge is -2.13. The fourth-order valence-corrected chi connectivity index (χ4v) is 3.97. The number of ether oxygens (including phenoxy) is 3. The highest BCUT2D eigenvalue weighted by Gasteiger charge is 2.32. The zero-order valence-corrected chi connectivity index (χ0v) is 19.7. The molecule has 34 heavy (non-hydrogen) atoms. The first kappa shape index (κ1) is 25.1. The molecule has 12 heteroatoms. The van der Waals surface area contributed by atoms with Crippen LogP contribution in [0.15, 0.2) is 46.6 Å². The lowest BCUT2D eigenvalue weighted by atomic mass is 10.2. The summed E-state index contributed by atoms with van der Waals surface area (Å²) in [5, 5.41) is 18.7. The molecule has 2 aromatic carbocycles. The van der Waals surface area contributed by atoms with E-state index in [2.05, 4.69) is 15.5 Å². The van der Waals surface area contributed by atoms with Crippen LogP contribution in [-0.4, -0.2) is 53.3 Å². The Balaban J connectivity index is 1.76. The van der Waals surface area contributed by atoms with Gasteiger partial charge in [0.05, 0.1) is 36.9 Å². The second-order valence-corrected chi connectivity index (χ2v) is 8.32. The predicted molar refractivity (Wildman–Crippen MR) is 127 cm³/mol. The number of halogens is 1. The van der Waals surface area contributed by atoms with Crippen LogP contribution < -0.4 is 19.5 Å². The number of esters is 1. The number of aliphatic carboxylic acids is 1. The Morgan fingerprint density at radius 1 is 1.26 bits per heavy atom. The maximum absolute atomic E-state index is 12.6. The van der Waals surface area contributed by atoms with Crippen molar-refractivity contribution in [3.8, 4) is 17.2 Å². The number of nitrogens with one attached hydrogen (secondary N) is 1. The molecule has 0 aliphatic carbocycles. The molecule has 3 rings (SSSR count). The Kier molecular flexibility index (Phi) is 8.50. The molecule has 0 radical (unpaired) electrons. The summed E-state index contributed by atoms with van der Waals surface area (Å²) in [5.41, 5.74) is 0.802. The van der Waals surface area contributed by atoms with Gasteiger partial charge in [0.25, 0.3) is 0 Å². The zero-order chi connectivity index (χ0) is 24.7. The van der Waals surface area contributed by atoms with Gasteiger partial charge in [-0.25, -0.2) is 4.79 Å². The summed E-state index contributed by atoms with van der Waals surface area (Å²) in [7, 11) is 1.52. The molecule has 1 aliphatic heterocycles. The highest BCUT2D eigenvalue weighted by atomic mass is 35.5. The van der Waals surface area contributed by atoms with E-state index in [0.29, 0.717) is 23.5 Å². The number of rotatable bonds is 9. The second-order valence-electron chi connectivity index (χ2n) is 6.72. The largest absolute Gasteiger partial charge is 0.497 e. The van der Waals surface area contributed by atoms with Crippen molar-refractivity contribution in [3.05, 3.63) is 52.5 Å². The first-order valence-electron chi connectivity index (χ1n) is 9.93. The average molecular weight is 506 g/mol. The molecule has 178 valence electrons. The highest BCUT2D eigenvalue weighted by Crippen LogP contribution is 2.37. The van der Waals surface area contributed by atoms with Crippen LogP contribution in [0.5, 0.6) is 17.2 Å². The Labute approximate surface area is 203 Å². The smallest absolute Gasteiger partial charge is 0.343 e. The Hall–Kier alpha value is -3.57. The van der Waals surface area contributed by atoms with Crippen LogP contribution in [0.3, 0.4) is 0 Å². The minimum Gasteiger partial charge on any atom is -0.497 e. The van der Waals surface area contributed by atoms with E-state index < -0.39 is 23.1 Å². The number of nitrogens with zero attached hydrogens (tertiary/aromatic N) is 2. The number of carboxylic acid groups (broad SMARTS) is 1.